The molecule has 1 aromatic heterocycles. The molecule has 0 aliphatic carbocycles. The standard InChI is InChI=1S/C16H14FN3O2/c1-10-9-20(16(22)11-6-7-18-14(17)8-11)13-5-3-2-4-12(13)19-15(10)21/h2-8,10H,9H2,1H3,(H,19,21)/t10-/m1/s1. The van der Waals surface area contributed by atoms with Gasteiger partial charge in [0.15, 0.2) is 0 Å². The number of carbonyl (C=O) groups is 2. The summed E-state index contributed by atoms with van der Waals surface area (Å²) in [5.41, 5.74) is 1.37. The third-order valence-electron chi connectivity index (χ3n) is 3.58. The summed E-state index contributed by atoms with van der Waals surface area (Å²) in [5, 5.41) is 2.80. The molecule has 1 aromatic carbocycles. The van der Waals surface area contributed by atoms with Crippen LogP contribution < -0.4 is 10.2 Å². The summed E-state index contributed by atoms with van der Waals surface area (Å²) < 4.78 is 13.3. The van der Waals surface area contributed by atoms with Crippen molar-refractivity contribution in [3.05, 3.63) is 54.1 Å². The zero-order valence-electron chi connectivity index (χ0n) is 11.9. The minimum absolute atomic E-state index is 0.149. The number of carbonyl (C=O) groups excluding carboxylic acids is 2. The molecule has 0 spiro atoms. The summed E-state index contributed by atoms with van der Waals surface area (Å²) in [7, 11) is 0. The van der Waals surface area contributed by atoms with Gasteiger partial charge in [-0.25, -0.2) is 4.98 Å². The van der Waals surface area contributed by atoms with Crippen LogP contribution in [0.2, 0.25) is 0 Å². The van der Waals surface area contributed by atoms with E-state index in [1.54, 1.807) is 31.2 Å². The molecular formula is C16H14FN3O2. The normalized spacial score (nSPS) is 17.5. The summed E-state index contributed by atoms with van der Waals surface area (Å²) in [5.74, 6) is -1.60. The number of rotatable bonds is 1. The number of pyridine rings is 1. The Labute approximate surface area is 126 Å². The van der Waals surface area contributed by atoms with Gasteiger partial charge in [0.05, 0.1) is 17.3 Å². The van der Waals surface area contributed by atoms with E-state index < -0.39 is 5.95 Å². The number of fused-ring (bicyclic) bond motifs is 1. The molecular weight excluding hydrogens is 285 g/mol. The number of halogens is 1. The summed E-state index contributed by atoms with van der Waals surface area (Å²) >= 11 is 0. The SMILES string of the molecule is C[C@@H]1CN(C(=O)c2ccnc(F)c2)c2ccccc2NC1=O. The number of aromatic nitrogens is 1. The Morgan fingerprint density at radius 3 is 2.91 bits per heavy atom. The molecule has 5 nitrogen and oxygen atoms in total. The van der Waals surface area contributed by atoms with E-state index in [9.17, 15) is 14.0 Å². The first-order chi connectivity index (χ1) is 10.6. The highest BCUT2D eigenvalue weighted by molar-refractivity contribution is 6.10. The lowest BCUT2D eigenvalue weighted by molar-refractivity contribution is -0.119. The zero-order chi connectivity index (χ0) is 15.7. The van der Waals surface area contributed by atoms with Gasteiger partial charge < -0.3 is 10.2 Å². The smallest absolute Gasteiger partial charge is 0.258 e. The van der Waals surface area contributed by atoms with Crippen LogP contribution in [0, 0.1) is 11.9 Å². The quantitative estimate of drug-likeness (QED) is 0.823. The third kappa shape index (κ3) is 2.55. The predicted molar refractivity (Wildman–Crippen MR) is 80.1 cm³/mol. The minimum atomic E-state index is -0.712. The molecule has 1 atom stereocenters. The third-order valence-corrected chi connectivity index (χ3v) is 3.58. The summed E-state index contributed by atoms with van der Waals surface area (Å²) in [6, 6.07) is 9.61. The molecule has 0 radical (unpaired) electrons. The summed E-state index contributed by atoms with van der Waals surface area (Å²) in [6.45, 7) is 1.97. The van der Waals surface area contributed by atoms with E-state index in [-0.39, 0.29) is 29.8 Å². The fourth-order valence-corrected chi connectivity index (χ4v) is 2.41. The number of amides is 2. The van der Waals surface area contributed by atoms with Crippen molar-refractivity contribution in [1.82, 2.24) is 4.98 Å². The second-order valence-corrected chi connectivity index (χ2v) is 5.19. The maximum Gasteiger partial charge on any atom is 0.258 e. The maximum absolute atomic E-state index is 13.3. The molecule has 3 rings (SSSR count). The van der Waals surface area contributed by atoms with Crippen LogP contribution in [0.15, 0.2) is 42.6 Å². The van der Waals surface area contributed by atoms with Crippen molar-refractivity contribution in [1.29, 1.82) is 0 Å². The van der Waals surface area contributed by atoms with Crippen LogP contribution in [0.4, 0.5) is 15.8 Å². The van der Waals surface area contributed by atoms with Gasteiger partial charge in [-0.1, -0.05) is 19.1 Å². The van der Waals surface area contributed by atoms with Crippen molar-refractivity contribution in [3.8, 4) is 0 Å². The molecule has 2 amide bonds. The molecule has 1 aliphatic rings. The van der Waals surface area contributed by atoms with Crippen molar-refractivity contribution < 1.29 is 14.0 Å². The monoisotopic (exact) mass is 299 g/mol. The Morgan fingerprint density at radius 1 is 1.36 bits per heavy atom. The lowest BCUT2D eigenvalue weighted by atomic mass is 10.1. The Bertz CT molecular complexity index is 748. The maximum atomic E-state index is 13.3. The average molecular weight is 299 g/mol. The van der Waals surface area contributed by atoms with E-state index in [4.69, 9.17) is 0 Å². The van der Waals surface area contributed by atoms with Gasteiger partial charge in [-0.2, -0.15) is 4.39 Å². The number of hydrogen-bond acceptors (Lipinski definition) is 3. The lowest BCUT2D eigenvalue weighted by Crippen LogP contribution is -2.36. The molecule has 0 saturated carbocycles. The van der Waals surface area contributed by atoms with Gasteiger partial charge in [0.2, 0.25) is 11.9 Å². The van der Waals surface area contributed by atoms with Gasteiger partial charge in [0, 0.05) is 24.4 Å². The topological polar surface area (TPSA) is 62.3 Å². The highest BCUT2D eigenvalue weighted by Gasteiger charge is 2.29. The Hall–Kier alpha value is -2.76. The lowest BCUT2D eigenvalue weighted by Gasteiger charge is -2.23. The molecule has 6 heteroatoms. The van der Waals surface area contributed by atoms with Crippen molar-refractivity contribution in [3.63, 3.8) is 0 Å². The van der Waals surface area contributed by atoms with E-state index in [1.807, 2.05) is 0 Å². The van der Waals surface area contributed by atoms with Crippen molar-refractivity contribution in [2.24, 2.45) is 5.92 Å². The number of nitrogens with one attached hydrogen (secondary N) is 1. The van der Waals surface area contributed by atoms with Crippen LogP contribution >= 0.6 is 0 Å². The fourth-order valence-electron chi connectivity index (χ4n) is 2.41. The van der Waals surface area contributed by atoms with E-state index in [0.29, 0.717) is 11.4 Å². The van der Waals surface area contributed by atoms with E-state index in [2.05, 4.69) is 10.3 Å². The molecule has 0 unspecified atom stereocenters. The molecule has 2 heterocycles. The molecule has 0 bridgehead atoms. The van der Waals surface area contributed by atoms with Crippen LogP contribution in [0.3, 0.4) is 0 Å². The molecule has 22 heavy (non-hydrogen) atoms. The molecule has 112 valence electrons. The van der Waals surface area contributed by atoms with Crippen LogP contribution in [-0.4, -0.2) is 23.3 Å². The molecule has 1 aliphatic heterocycles. The Balaban J connectivity index is 2.05. The summed E-state index contributed by atoms with van der Waals surface area (Å²) in [6.07, 6.45) is 1.25. The van der Waals surface area contributed by atoms with Crippen molar-refractivity contribution >= 4 is 23.2 Å². The molecule has 1 N–H and O–H groups in total. The van der Waals surface area contributed by atoms with Gasteiger partial charge in [0.25, 0.3) is 5.91 Å². The first kappa shape index (κ1) is 14.2. The first-order valence-electron chi connectivity index (χ1n) is 6.89. The molecule has 0 saturated heterocycles. The number of benzene rings is 1. The van der Waals surface area contributed by atoms with Crippen molar-refractivity contribution in [2.75, 3.05) is 16.8 Å². The summed E-state index contributed by atoms with van der Waals surface area (Å²) in [4.78, 5) is 29.7. The van der Waals surface area contributed by atoms with Crippen LogP contribution in [0.5, 0.6) is 0 Å². The van der Waals surface area contributed by atoms with Crippen LogP contribution in [0.25, 0.3) is 0 Å². The number of para-hydroxylation sites is 2. The highest BCUT2D eigenvalue weighted by atomic mass is 19.1. The molecule has 2 aromatic rings. The van der Waals surface area contributed by atoms with Gasteiger partial charge in [-0.15, -0.1) is 0 Å². The second kappa shape index (κ2) is 5.55. The largest absolute Gasteiger partial charge is 0.324 e. The van der Waals surface area contributed by atoms with Crippen LogP contribution in [-0.2, 0) is 4.79 Å². The van der Waals surface area contributed by atoms with Crippen molar-refractivity contribution in [2.45, 2.75) is 6.92 Å². The first-order valence-corrected chi connectivity index (χ1v) is 6.89. The zero-order valence-corrected chi connectivity index (χ0v) is 11.9. The minimum Gasteiger partial charge on any atom is -0.324 e. The number of hydrogen-bond donors (Lipinski definition) is 1. The second-order valence-electron chi connectivity index (χ2n) is 5.19. The van der Waals surface area contributed by atoms with E-state index in [0.717, 1.165) is 6.07 Å². The predicted octanol–water partition coefficient (Wildman–Crippen LogP) is 2.46. The van der Waals surface area contributed by atoms with Gasteiger partial charge in [-0.3, -0.25) is 9.59 Å². The van der Waals surface area contributed by atoms with Crippen LogP contribution in [0.1, 0.15) is 17.3 Å². The molecule has 0 fully saturated rings. The van der Waals surface area contributed by atoms with Gasteiger partial charge >= 0.3 is 0 Å². The van der Waals surface area contributed by atoms with Gasteiger partial charge in [0.1, 0.15) is 0 Å². The number of nitrogens with zero attached hydrogens (tertiary/aromatic N) is 2. The highest BCUT2D eigenvalue weighted by Crippen LogP contribution is 2.30. The Morgan fingerprint density at radius 2 is 2.14 bits per heavy atom. The fraction of sp³-hybridized carbons (Fsp3) is 0.188. The van der Waals surface area contributed by atoms with Gasteiger partial charge in [-0.05, 0) is 18.2 Å². The Kier molecular flexibility index (Phi) is 3.58. The van der Waals surface area contributed by atoms with E-state index >= 15 is 0 Å². The number of anilines is 2. The average Bonchev–Trinajstić information content (AvgIpc) is 2.64. The van der Waals surface area contributed by atoms with E-state index in [1.165, 1.54) is 17.2 Å².